The lowest BCUT2D eigenvalue weighted by Crippen LogP contribution is -2.17. The molecule has 1 rings (SSSR count). The number of hydrogen-bond donors (Lipinski definition) is 1. The minimum absolute atomic E-state index is 0.713. The van der Waals surface area contributed by atoms with Gasteiger partial charge in [0.15, 0.2) is 0 Å². The standard InChI is InChI=1S/C9H14BrNS/c1-7(6-11-2)5-9-8(10)3-4-12-9/h3-4,7,11H,5-6H2,1-2H3. The van der Waals surface area contributed by atoms with Crippen molar-refractivity contribution in [3.05, 3.63) is 20.8 Å². The highest BCUT2D eigenvalue weighted by Gasteiger charge is 2.06. The van der Waals surface area contributed by atoms with E-state index in [1.165, 1.54) is 15.8 Å². The third-order valence-corrected chi connectivity index (χ3v) is 3.73. The Morgan fingerprint density at radius 3 is 2.92 bits per heavy atom. The third kappa shape index (κ3) is 2.88. The Kier molecular flexibility index (Phi) is 4.26. The Morgan fingerprint density at radius 1 is 1.67 bits per heavy atom. The molecule has 1 nitrogen and oxygen atoms in total. The highest BCUT2D eigenvalue weighted by atomic mass is 79.9. The Morgan fingerprint density at radius 2 is 2.42 bits per heavy atom. The summed E-state index contributed by atoms with van der Waals surface area (Å²) < 4.78 is 1.26. The second-order valence-electron chi connectivity index (χ2n) is 3.06. The zero-order chi connectivity index (χ0) is 8.97. The second-order valence-corrected chi connectivity index (χ2v) is 4.91. The smallest absolute Gasteiger partial charge is 0.0314 e. The van der Waals surface area contributed by atoms with Gasteiger partial charge >= 0.3 is 0 Å². The van der Waals surface area contributed by atoms with Gasteiger partial charge in [0.25, 0.3) is 0 Å². The van der Waals surface area contributed by atoms with Crippen molar-refractivity contribution in [3.8, 4) is 0 Å². The molecule has 0 amide bonds. The first-order valence-corrected chi connectivity index (χ1v) is 5.77. The van der Waals surface area contributed by atoms with Crippen LogP contribution in [0.15, 0.2) is 15.9 Å². The van der Waals surface area contributed by atoms with Crippen LogP contribution in [0, 0.1) is 5.92 Å². The molecule has 0 aliphatic carbocycles. The van der Waals surface area contributed by atoms with Crippen molar-refractivity contribution in [2.24, 2.45) is 5.92 Å². The molecule has 12 heavy (non-hydrogen) atoms. The number of thiophene rings is 1. The highest BCUT2D eigenvalue weighted by molar-refractivity contribution is 9.10. The van der Waals surface area contributed by atoms with Crippen molar-refractivity contribution in [3.63, 3.8) is 0 Å². The largest absolute Gasteiger partial charge is 0.319 e. The molecular formula is C9H14BrNS. The van der Waals surface area contributed by atoms with Crippen LogP contribution in [0.25, 0.3) is 0 Å². The van der Waals surface area contributed by atoms with E-state index in [2.05, 4.69) is 39.6 Å². The summed E-state index contributed by atoms with van der Waals surface area (Å²) in [6, 6.07) is 2.12. The summed E-state index contributed by atoms with van der Waals surface area (Å²) in [6.07, 6.45) is 1.17. The van der Waals surface area contributed by atoms with Gasteiger partial charge < -0.3 is 5.32 Å². The van der Waals surface area contributed by atoms with Gasteiger partial charge in [0.05, 0.1) is 0 Å². The zero-order valence-electron chi connectivity index (χ0n) is 7.43. The molecule has 0 spiro atoms. The molecule has 1 aromatic rings. The lowest BCUT2D eigenvalue weighted by atomic mass is 10.1. The maximum atomic E-state index is 3.54. The molecule has 0 fully saturated rings. The molecule has 1 N–H and O–H groups in total. The van der Waals surface area contributed by atoms with Gasteiger partial charge in [0.1, 0.15) is 0 Å². The van der Waals surface area contributed by atoms with Crippen molar-refractivity contribution in [2.75, 3.05) is 13.6 Å². The average molecular weight is 248 g/mol. The van der Waals surface area contributed by atoms with Gasteiger partial charge in [0, 0.05) is 9.35 Å². The van der Waals surface area contributed by atoms with Crippen molar-refractivity contribution in [1.29, 1.82) is 0 Å². The van der Waals surface area contributed by atoms with Crippen LogP contribution in [-0.2, 0) is 6.42 Å². The molecular weight excluding hydrogens is 234 g/mol. The van der Waals surface area contributed by atoms with E-state index in [9.17, 15) is 0 Å². The van der Waals surface area contributed by atoms with Gasteiger partial charge in [0.2, 0.25) is 0 Å². The van der Waals surface area contributed by atoms with E-state index in [0.29, 0.717) is 5.92 Å². The molecule has 0 aromatic carbocycles. The summed E-state index contributed by atoms with van der Waals surface area (Å²) in [5.41, 5.74) is 0. The number of nitrogens with one attached hydrogen (secondary N) is 1. The number of rotatable bonds is 4. The Labute approximate surface area is 86.3 Å². The summed E-state index contributed by atoms with van der Waals surface area (Å²) in [5, 5.41) is 5.32. The van der Waals surface area contributed by atoms with Gasteiger partial charge in [-0.15, -0.1) is 11.3 Å². The van der Waals surface area contributed by atoms with Crippen LogP contribution in [0.2, 0.25) is 0 Å². The van der Waals surface area contributed by atoms with Gasteiger partial charge in [-0.3, -0.25) is 0 Å². The van der Waals surface area contributed by atoms with Crippen LogP contribution in [-0.4, -0.2) is 13.6 Å². The molecule has 1 heterocycles. The summed E-state index contributed by atoms with van der Waals surface area (Å²) in [5.74, 6) is 0.713. The lowest BCUT2D eigenvalue weighted by Gasteiger charge is -2.08. The fourth-order valence-corrected chi connectivity index (χ4v) is 2.89. The zero-order valence-corrected chi connectivity index (χ0v) is 9.83. The molecule has 1 atom stereocenters. The van der Waals surface area contributed by atoms with Gasteiger partial charge in [-0.05, 0) is 53.3 Å². The summed E-state index contributed by atoms with van der Waals surface area (Å²) in [4.78, 5) is 1.46. The monoisotopic (exact) mass is 247 g/mol. The van der Waals surface area contributed by atoms with E-state index >= 15 is 0 Å². The second kappa shape index (κ2) is 5.00. The average Bonchev–Trinajstić information content (AvgIpc) is 2.37. The van der Waals surface area contributed by atoms with Crippen molar-refractivity contribution in [1.82, 2.24) is 5.32 Å². The van der Waals surface area contributed by atoms with Gasteiger partial charge in [-0.25, -0.2) is 0 Å². The molecule has 0 saturated carbocycles. The van der Waals surface area contributed by atoms with Crippen LogP contribution in [0.1, 0.15) is 11.8 Å². The molecule has 0 aliphatic rings. The van der Waals surface area contributed by atoms with Gasteiger partial charge in [-0.1, -0.05) is 6.92 Å². The third-order valence-electron chi connectivity index (χ3n) is 1.78. The Hall–Kier alpha value is 0.140. The Bertz CT molecular complexity index is 234. The maximum Gasteiger partial charge on any atom is 0.0314 e. The van der Waals surface area contributed by atoms with Crippen LogP contribution in [0.3, 0.4) is 0 Å². The number of halogens is 1. The quantitative estimate of drug-likeness (QED) is 0.863. The minimum Gasteiger partial charge on any atom is -0.319 e. The molecule has 0 radical (unpaired) electrons. The van der Waals surface area contributed by atoms with Crippen molar-refractivity contribution < 1.29 is 0 Å². The summed E-state index contributed by atoms with van der Waals surface area (Å²) >= 11 is 5.36. The topological polar surface area (TPSA) is 12.0 Å². The minimum atomic E-state index is 0.713. The fourth-order valence-electron chi connectivity index (χ4n) is 1.21. The predicted octanol–water partition coefficient (Wildman–Crippen LogP) is 2.91. The van der Waals surface area contributed by atoms with Crippen molar-refractivity contribution in [2.45, 2.75) is 13.3 Å². The predicted molar refractivity (Wildman–Crippen MR) is 58.8 cm³/mol. The van der Waals surface area contributed by atoms with Crippen LogP contribution in [0.4, 0.5) is 0 Å². The highest BCUT2D eigenvalue weighted by Crippen LogP contribution is 2.25. The lowest BCUT2D eigenvalue weighted by molar-refractivity contribution is 0.545. The first kappa shape index (κ1) is 10.2. The Balaban J connectivity index is 2.46. The maximum absolute atomic E-state index is 3.54. The summed E-state index contributed by atoms with van der Waals surface area (Å²) in [7, 11) is 2.00. The van der Waals surface area contributed by atoms with E-state index < -0.39 is 0 Å². The molecule has 0 bridgehead atoms. The van der Waals surface area contributed by atoms with E-state index in [1.54, 1.807) is 0 Å². The molecule has 68 valence electrons. The van der Waals surface area contributed by atoms with Gasteiger partial charge in [-0.2, -0.15) is 0 Å². The van der Waals surface area contributed by atoms with E-state index in [-0.39, 0.29) is 0 Å². The van der Waals surface area contributed by atoms with Crippen LogP contribution < -0.4 is 5.32 Å². The number of hydrogen-bond acceptors (Lipinski definition) is 2. The fraction of sp³-hybridized carbons (Fsp3) is 0.556. The first-order valence-electron chi connectivity index (χ1n) is 4.10. The molecule has 0 saturated heterocycles. The first-order chi connectivity index (χ1) is 5.74. The molecule has 1 unspecified atom stereocenters. The summed E-state index contributed by atoms with van der Waals surface area (Å²) in [6.45, 7) is 3.35. The van der Waals surface area contributed by atoms with E-state index in [0.717, 1.165) is 6.54 Å². The van der Waals surface area contributed by atoms with Crippen molar-refractivity contribution >= 4 is 27.3 Å². The van der Waals surface area contributed by atoms with Crippen LogP contribution >= 0.6 is 27.3 Å². The van der Waals surface area contributed by atoms with Crippen LogP contribution in [0.5, 0.6) is 0 Å². The molecule has 0 aliphatic heterocycles. The molecule has 3 heteroatoms. The van der Waals surface area contributed by atoms with E-state index in [1.807, 2.05) is 18.4 Å². The SMILES string of the molecule is CNCC(C)Cc1sccc1Br. The normalized spacial score (nSPS) is 13.2. The van der Waals surface area contributed by atoms with E-state index in [4.69, 9.17) is 0 Å². The molecule has 1 aromatic heterocycles.